The average Bonchev–Trinajstić information content (AvgIpc) is 2.83. The maximum absolute atomic E-state index is 5.61. The van der Waals surface area contributed by atoms with Crippen molar-refractivity contribution in [2.45, 2.75) is 6.42 Å². The van der Waals surface area contributed by atoms with Gasteiger partial charge in [-0.15, -0.1) is 11.3 Å². The van der Waals surface area contributed by atoms with Gasteiger partial charge in [0.05, 0.1) is 6.61 Å². The summed E-state index contributed by atoms with van der Waals surface area (Å²) in [4.78, 5) is 1.27. The standard InChI is InChI=1S/C13H15NOS/c14-7-3-8-15-12-5-1-4-11(10-12)13-6-2-9-16-13/h1-2,4-6,9-10H,3,7-8,14H2. The molecule has 16 heavy (non-hydrogen) atoms. The van der Waals surface area contributed by atoms with Crippen LogP contribution < -0.4 is 10.5 Å². The van der Waals surface area contributed by atoms with Crippen molar-refractivity contribution in [3.05, 3.63) is 41.8 Å². The van der Waals surface area contributed by atoms with Crippen LogP contribution in [0, 0.1) is 0 Å². The van der Waals surface area contributed by atoms with Gasteiger partial charge in [-0.2, -0.15) is 0 Å². The van der Waals surface area contributed by atoms with Crippen LogP contribution in [0.2, 0.25) is 0 Å². The zero-order chi connectivity index (χ0) is 11.2. The lowest BCUT2D eigenvalue weighted by molar-refractivity contribution is 0.313. The second-order valence-corrected chi connectivity index (χ2v) is 4.44. The van der Waals surface area contributed by atoms with E-state index in [9.17, 15) is 0 Å². The minimum absolute atomic E-state index is 0.671. The molecule has 0 spiro atoms. The molecule has 0 saturated heterocycles. The molecular formula is C13H15NOS. The molecule has 0 aliphatic carbocycles. The Hall–Kier alpha value is -1.32. The summed E-state index contributed by atoms with van der Waals surface area (Å²) in [6.45, 7) is 1.36. The zero-order valence-corrected chi connectivity index (χ0v) is 9.87. The molecule has 0 amide bonds. The van der Waals surface area contributed by atoms with Crippen LogP contribution >= 0.6 is 11.3 Å². The normalized spacial score (nSPS) is 10.3. The van der Waals surface area contributed by atoms with Crippen LogP contribution in [0.4, 0.5) is 0 Å². The van der Waals surface area contributed by atoms with E-state index in [0.29, 0.717) is 13.2 Å². The van der Waals surface area contributed by atoms with Crippen molar-refractivity contribution >= 4 is 11.3 Å². The Labute approximate surface area is 99.7 Å². The van der Waals surface area contributed by atoms with Crippen LogP contribution in [0.5, 0.6) is 5.75 Å². The Morgan fingerprint density at radius 2 is 2.12 bits per heavy atom. The summed E-state index contributed by atoms with van der Waals surface area (Å²) in [6.07, 6.45) is 0.892. The highest BCUT2D eigenvalue weighted by molar-refractivity contribution is 7.13. The first kappa shape index (κ1) is 11.2. The molecule has 2 aromatic rings. The molecule has 0 aliphatic heterocycles. The van der Waals surface area contributed by atoms with Gasteiger partial charge in [-0.1, -0.05) is 18.2 Å². The third-order valence-electron chi connectivity index (χ3n) is 2.26. The van der Waals surface area contributed by atoms with E-state index in [0.717, 1.165) is 12.2 Å². The van der Waals surface area contributed by atoms with E-state index in [-0.39, 0.29) is 0 Å². The quantitative estimate of drug-likeness (QED) is 0.805. The molecule has 3 heteroatoms. The molecule has 1 aromatic carbocycles. The zero-order valence-electron chi connectivity index (χ0n) is 9.06. The van der Waals surface area contributed by atoms with Crippen LogP contribution in [0.15, 0.2) is 41.8 Å². The predicted octanol–water partition coefficient (Wildman–Crippen LogP) is 3.14. The highest BCUT2D eigenvalue weighted by Gasteiger charge is 2.00. The van der Waals surface area contributed by atoms with Gasteiger partial charge in [-0.3, -0.25) is 0 Å². The molecule has 84 valence electrons. The largest absolute Gasteiger partial charge is 0.494 e. The Morgan fingerprint density at radius 3 is 2.88 bits per heavy atom. The molecule has 2 rings (SSSR count). The molecule has 0 unspecified atom stereocenters. The van der Waals surface area contributed by atoms with Crippen LogP contribution in [0.25, 0.3) is 10.4 Å². The number of hydrogen-bond acceptors (Lipinski definition) is 3. The first-order valence-corrected chi connectivity index (χ1v) is 6.25. The van der Waals surface area contributed by atoms with Crippen LogP contribution in [0.3, 0.4) is 0 Å². The summed E-state index contributed by atoms with van der Waals surface area (Å²) in [5.41, 5.74) is 6.63. The van der Waals surface area contributed by atoms with Gasteiger partial charge in [0.25, 0.3) is 0 Å². The van der Waals surface area contributed by atoms with Crippen molar-refractivity contribution < 1.29 is 4.74 Å². The molecule has 1 aromatic heterocycles. The fourth-order valence-electron chi connectivity index (χ4n) is 1.46. The number of nitrogens with two attached hydrogens (primary N) is 1. The van der Waals surface area contributed by atoms with Crippen LogP contribution in [-0.2, 0) is 0 Å². The van der Waals surface area contributed by atoms with E-state index < -0.39 is 0 Å². The van der Waals surface area contributed by atoms with Gasteiger partial charge in [0, 0.05) is 4.88 Å². The molecule has 0 aliphatic rings. The summed E-state index contributed by atoms with van der Waals surface area (Å²) in [6, 6.07) is 12.3. The maximum atomic E-state index is 5.61. The van der Waals surface area contributed by atoms with E-state index in [1.165, 1.54) is 10.4 Å². The monoisotopic (exact) mass is 233 g/mol. The Bertz CT molecular complexity index is 425. The average molecular weight is 233 g/mol. The number of benzene rings is 1. The van der Waals surface area contributed by atoms with Crippen LogP contribution in [0.1, 0.15) is 6.42 Å². The smallest absolute Gasteiger partial charge is 0.119 e. The van der Waals surface area contributed by atoms with Crippen molar-refractivity contribution in [1.29, 1.82) is 0 Å². The Kier molecular flexibility index (Phi) is 3.97. The van der Waals surface area contributed by atoms with Gasteiger partial charge >= 0.3 is 0 Å². The second kappa shape index (κ2) is 5.68. The third kappa shape index (κ3) is 2.84. The van der Waals surface area contributed by atoms with Gasteiger partial charge < -0.3 is 10.5 Å². The van der Waals surface area contributed by atoms with Gasteiger partial charge in [0.15, 0.2) is 0 Å². The highest BCUT2D eigenvalue weighted by atomic mass is 32.1. The van der Waals surface area contributed by atoms with Gasteiger partial charge in [0.1, 0.15) is 5.75 Å². The molecule has 0 fully saturated rings. The number of thiophene rings is 1. The van der Waals surface area contributed by atoms with Crippen molar-refractivity contribution in [3.63, 3.8) is 0 Å². The third-order valence-corrected chi connectivity index (χ3v) is 3.18. The lowest BCUT2D eigenvalue weighted by atomic mass is 10.2. The SMILES string of the molecule is NCCCOc1cccc(-c2cccs2)c1. The van der Waals surface area contributed by atoms with Crippen LogP contribution in [-0.4, -0.2) is 13.2 Å². The maximum Gasteiger partial charge on any atom is 0.119 e. The summed E-state index contributed by atoms with van der Waals surface area (Å²) in [5.74, 6) is 0.916. The van der Waals surface area contributed by atoms with Gasteiger partial charge in [0.2, 0.25) is 0 Å². The van der Waals surface area contributed by atoms with Gasteiger partial charge in [-0.25, -0.2) is 0 Å². The number of rotatable bonds is 5. The predicted molar refractivity (Wildman–Crippen MR) is 68.9 cm³/mol. The lowest BCUT2D eigenvalue weighted by Crippen LogP contribution is -2.05. The van der Waals surface area contributed by atoms with Crippen molar-refractivity contribution in [2.24, 2.45) is 5.73 Å². The van der Waals surface area contributed by atoms with Crippen molar-refractivity contribution in [1.82, 2.24) is 0 Å². The van der Waals surface area contributed by atoms with Crippen molar-refractivity contribution in [2.75, 3.05) is 13.2 Å². The van der Waals surface area contributed by atoms with E-state index in [1.807, 2.05) is 12.1 Å². The summed E-state index contributed by atoms with van der Waals surface area (Å²) in [5, 5.41) is 2.08. The molecule has 2 nitrogen and oxygen atoms in total. The minimum atomic E-state index is 0.671. The van der Waals surface area contributed by atoms with E-state index in [2.05, 4.69) is 29.6 Å². The number of ether oxygens (including phenoxy) is 1. The molecule has 0 bridgehead atoms. The topological polar surface area (TPSA) is 35.2 Å². The molecule has 1 heterocycles. The molecule has 0 saturated carbocycles. The van der Waals surface area contributed by atoms with E-state index in [4.69, 9.17) is 10.5 Å². The first-order valence-electron chi connectivity index (χ1n) is 5.37. The minimum Gasteiger partial charge on any atom is -0.494 e. The first-order chi connectivity index (χ1) is 7.90. The fourth-order valence-corrected chi connectivity index (χ4v) is 2.18. The molecule has 2 N–H and O–H groups in total. The highest BCUT2D eigenvalue weighted by Crippen LogP contribution is 2.27. The summed E-state index contributed by atoms with van der Waals surface area (Å²) in [7, 11) is 0. The van der Waals surface area contributed by atoms with Crippen molar-refractivity contribution in [3.8, 4) is 16.2 Å². The molecular weight excluding hydrogens is 218 g/mol. The lowest BCUT2D eigenvalue weighted by Gasteiger charge is -2.06. The summed E-state index contributed by atoms with van der Waals surface area (Å²) >= 11 is 1.74. The Morgan fingerprint density at radius 1 is 1.19 bits per heavy atom. The van der Waals surface area contributed by atoms with E-state index >= 15 is 0 Å². The molecule has 0 atom stereocenters. The van der Waals surface area contributed by atoms with Gasteiger partial charge in [-0.05, 0) is 42.1 Å². The molecule has 0 radical (unpaired) electrons. The Balaban J connectivity index is 2.08. The number of hydrogen-bond donors (Lipinski definition) is 1. The summed E-state index contributed by atoms with van der Waals surface area (Å²) < 4.78 is 5.61. The second-order valence-electron chi connectivity index (χ2n) is 3.50. The fraction of sp³-hybridized carbons (Fsp3) is 0.231. The van der Waals surface area contributed by atoms with E-state index in [1.54, 1.807) is 11.3 Å².